The SMILES string of the molecule is CCC(/C=C/c1ccccc1)=NCCc1ccccc1. The normalized spacial score (nSPS) is 11.9. The van der Waals surface area contributed by atoms with E-state index in [2.05, 4.69) is 72.6 Å². The first-order chi connectivity index (χ1) is 9.88. The van der Waals surface area contributed by atoms with E-state index in [1.54, 1.807) is 0 Å². The van der Waals surface area contributed by atoms with Gasteiger partial charge >= 0.3 is 0 Å². The Labute approximate surface area is 121 Å². The van der Waals surface area contributed by atoms with Crippen LogP contribution in [0.3, 0.4) is 0 Å². The lowest BCUT2D eigenvalue weighted by Crippen LogP contribution is -1.96. The molecule has 0 aliphatic heterocycles. The zero-order valence-corrected chi connectivity index (χ0v) is 12.0. The molecular formula is C19H21N. The zero-order valence-electron chi connectivity index (χ0n) is 12.0. The summed E-state index contributed by atoms with van der Waals surface area (Å²) in [5.41, 5.74) is 3.72. The molecule has 1 heteroatoms. The van der Waals surface area contributed by atoms with Gasteiger partial charge in [0.25, 0.3) is 0 Å². The minimum atomic E-state index is 0.853. The Morgan fingerprint density at radius 1 is 0.950 bits per heavy atom. The molecule has 0 aliphatic carbocycles. The predicted molar refractivity (Wildman–Crippen MR) is 88.2 cm³/mol. The van der Waals surface area contributed by atoms with Crippen LogP contribution in [0.4, 0.5) is 0 Å². The third-order valence-corrected chi connectivity index (χ3v) is 3.19. The molecule has 2 rings (SSSR count). The molecule has 0 amide bonds. The van der Waals surface area contributed by atoms with Crippen molar-refractivity contribution in [1.29, 1.82) is 0 Å². The molecule has 0 unspecified atom stereocenters. The summed E-state index contributed by atoms with van der Waals surface area (Å²) < 4.78 is 0. The van der Waals surface area contributed by atoms with Gasteiger partial charge in [0.05, 0.1) is 0 Å². The van der Waals surface area contributed by atoms with Crippen LogP contribution in [0, 0.1) is 0 Å². The van der Waals surface area contributed by atoms with E-state index in [9.17, 15) is 0 Å². The van der Waals surface area contributed by atoms with E-state index in [1.807, 2.05) is 12.1 Å². The minimum Gasteiger partial charge on any atom is -0.289 e. The molecule has 2 aromatic carbocycles. The van der Waals surface area contributed by atoms with Crippen LogP contribution in [0.1, 0.15) is 24.5 Å². The van der Waals surface area contributed by atoms with Gasteiger partial charge in [0.15, 0.2) is 0 Å². The second-order valence-electron chi connectivity index (χ2n) is 4.71. The summed E-state index contributed by atoms with van der Waals surface area (Å²) in [6, 6.07) is 20.9. The van der Waals surface area contributed by atoms with Gasteiger partial charge in [-0.3, -0.25) is 4.99 Å². The number of benzene rings is 2. The van der Waals surface area contributed by atoms with Crippen molar-refractivity contribution in [3.63, 3.8) is 0 Å². The number of hydrogen-bond donors (Lipinski definition) is 0. The molecule has 0 aliphatic rings. The van der Waals surface area contributed by atoms with Gasteiger partial charge in [0, 0.05) is 12.3 Å². The second kappa shape index (κ2) is 8.11. The van der Waals surface area contributed by atoms with E-state index in [0.29, 0.717) is 0 Å². The fourth-order valence-electron chi connectivity index (χ4n) is 2.01. The van der Waals surface area contributed by atoms with Crippen molar-refractivity contribution in [3.05, 3.63) is 77.9 Å². The van der Waals surface area contributed by atoms with E-state index in [0.717, 1.165) is 25.1 Å². The highest BCUT2D eigenvalue weighted by molar-refractivity contribution is 5.98. The van der Waals surface area contributed by atoms with E-state index >= 15 is 0 Å². The first-order valence-corrected chi connectivity index (χ1v) is 7.19. The van der Waals surface area contributed by atoms with Gasteiger partial charge in [-0.05, 0) is 30.0 Å². The van der Waals surface area contributed by atoms with Gasteiger partial charge in [-0.25, -0.2) is 0 Å². The number of rotatable bonds is 6. The maximum atomic E-state index is 4.68. The lowest BCUT2D eigenvalue weighted by atomic mass is 10.1. The van der Waals surface area contributed by atoms with Gasteiger partial charge in [0.2, 0.25) is 0 Å². The molecule has 20 heavy (non-hydrogen) atoms. The van der Waals surface area contributed by atoms with Crippen LogP contribution in [-0.2, 0) is 6.42 Å². The third kappa shape index (κ3) is 4.85. The molecule has 0 saturated carbocycles. The van der Waals surface area contributed by atoms with Crippen LogP contribution < -0.4 is 0 Å². The summed E-state index contributed by atoms with van der Waals surface area (Å²) in [6.45, 7) is 3.00. The third-order valence-electron chi connectivity index (χ3n) is 3.19. The van der Waals surface area contributed by atoms with E-state index in [-0.39, 0.29) is 0 Å². The Kier molecular flexibility index (Phi) is 5.78. The summed E-state index contributed by atoms with van der Waals surface area (Å²) in [6.07, 6.45) is 6.23. The van der Waals surface area contributed by atoms with Crippen molar-refractivity contribution in [2.24, 2.45) is 4.99 Å². The molecule has 2 aromatic rings. The topological polar surface area (TPSA) is 12.4 Å². The van der Waals surface area contributed by atoms with Crippen LogP contribution >= 0.6 is 0 Å². The second-order valence-corrected chi connectivity index (χ2v) is 4.71. The maximum Gasteiger partial charge on any atom is 0.0432 e. The Bertz CT molecular complexity index is 553. The van der Waals surface area contributed by atoms with Gasteiger partial charge in [-0.1, -0.05) is 73.7 Å². The number of allylic oxidation sites excluding steroid dienone is 1. The van der Waals surface area contributed by atoms with Crippen LogP contribution in [0.2, 0.25) is 0 Å². The van der Waals surface area contributed by atoms with Gasteiger partial charge in [-0.15, -0.1) is 0 Å². The van der Waals surface area contributed by atoms with Crippen molar-refractivity contribution in [2.75, 3.05) is 6.54 Å². The van der Waals surface area contributed by atoms with E-state index < -0.39 is 0 Å². The molecule has 102 valence electrons. The van der Waals surface area contributed by atoms with Gasteiger partial charge in [0.1, 0.15) is 0 Å². The first-order valence-electron chi connectivity index (χ1n) is 7.19. The van der Waals surface area contributed by atoms with Crippen LogP contribution in [0.5, 0.6) is 0 Å². The van der Waals surface area contributed by atoms with Gasteiger partial charge < -0.3 is 0 Å². The van der Waals surface area contributed by atoms with E-state index in [1.165, 1.54) is 11.1 Å². The average molecular weight is 263 g/mol. The van der Waals surface area contributed by atoms with Crippen LogP contribution in [-0.4, -0.2) is 12.3 Å². The molecular weight excluding hydrogens is 242 g/mol. The molecule has 0 bridgehead atoms. The predicted octanol–water partition coefficient (Wildman–Crippen LogP) is 4.79. The molecule has 0 N–H and O–H groups in total. The quantitative estimate of drug-likeness (QED) is 0.664. The van der Waals surface area contributed by atoms with Crippen molar-refractivity contribution < 1.29 is 0 Å². The highest BCUT2D eigenvalue weighted by Crippen LogP contribution is 2.03. The molecule has 0 heterocycles. The minimum absolute atomic E-state index is 0.853. The van der Waals surface area contributed by atoms with E-state index in [4.69, 9.17) is 0 Å². The van der Waals surface area contributed by atoms with Gasteiger partial charge in [-0.2, -0.15) is 0 Å². The Balaban J connectivity index is 1.91. The van der Waals surface area contributed by atoms with Crippen molar-refractivity contribution in [3.8, 4) is 0 Å². The monoisotopic (exact) mass is 263 g/mol. The zero-order chi connectivity index (χ0) is 14.0. The standard InChI is InChI=1S/C19H21N/c1-2-19(14-13-17-9-5-3-6-10-17)20-16-15-18-11-7-4-8-12-18/h3-14H,2,15-16H2,1H3/b14-13+,20-19?. The van der Waals surface area contributed by atoms with Crippen LogP contribution in [0.25, 0.3) is 6.08 Å². The maximum absolute atomic E-state index is 4.68. The van der Waals surface area contributed by atoms with Crippen molar-refractivity contribution in [1.82, 2.24) is 0 Å². The van der Waals surface area contributed by atoms with Crippen LogP contribution in [0.15, 0.2) is 71.7 Å². The fraction of sp³-hybridized carbons (Fsp3) is 0.211. The Morgan fingerprint density at radius 3 is 2.25 bits per heavy atom. The fourth-order valence-corrected chi connectivity index (χ4v) is 2.01. The average Bonchev–Trinajstić information content (AvgIpc) is 2.52. The summed E-state index contributed by atoms with van der Waals surface area (Å²) in [4.78, 5) is 4.68. The Morgan fingerprint density at radius 2 is 1.60 bits per heavy atom. The smallest absolute Gasteiger partial charge is 0.0432 e. The Hall–Kier alpha value is -2.15. The summed E-state index contributed by atoms with van der Waals surface area (Å²) >= 11 is 0. The highest BCUT2D eigenvalue weighted by atomic mass is 14.7. The molecule has 0 fully saturated rings. The van der Waals surface area contributed by atoms with Crippen molar-refractivity contribution in [2.45, 2.75) is 19.8 Å². The number of hydrogen-bond acceptors (Lipinski definition) is 1. The molecule has 0 radical (unpaired) electrons. The lowest BCUT2D eigenvalue weighted by molar-refractivity contribution is 0.962. The summed E-state index contributed by atoms with van der Waals surface area (Å²) in [5, 5.41) is 0. The molecule has 0 aromatic heterocycles. The number of aliphatic imine (C=N–C) groups is 1. The largest absolute Gasteiger partial charge is 0.289 e. The molecule has 0 saturated heterocycles. The molecule has 0 atom stereocenters. The molecule has 1 nitrogen and oxygen atoms in total. The van der Waals surface area contributed by atoms with Crippen molar-refractivity contribution >= 4 is 11.8 Å². The summed E-state index contributed by atoms with van der Waals surface area (Å²) in [5.74, 6) is 0. The first kappa shape index (κ1) is 14.3. The number of nitrogens with zero attached hydrogens (tertiary/aromatic N) is 1. The highest BCUT2D eigenvalue weighted by Gasteiger charge is 1.93. The lowest BCUT2D eigenvalue weighted by Gasteiger charge is -2.00. The molecule has 0 spiro atoms. The summed E-state index contributed by atoms with van der Waals surface area (Å²) in [7, 11) is 0.